The van der Waals surface area contributed by atoms with Crippen LogP contribution in [0.1, 0.15) is 31.9 Å². The standard InChI is InChI=1S/C21H24ClF3N4O2S2/c1-13-6-7-14(8-18(13)33(30,31)28-20(2,3)4)19-16(21(23,24)25)9-15(10-17(19)22)29(12-32-5)27-11-26/h6-10,27-28H,12H2,1-5H3. The maximum atomic E-state index is 14.1. The molecule has 0 aliphatic rings. The van der Waals surface area contributed by atoms with Gasteiger partial charge in [0.05, 0.1) is 27.0 Å². The fraction of sp³-hybridized carbons (Fsp3) is 0.381. The third-order valence-corrected chi connectivity index (χ3v) is 7.06. The van der Waals surface area contributed by atoms with E-state index < -0.39 is 27.3 Å². The molecule has 0 unspecified atom stereocenters. The van der Waals surface area contributed by atoms with Crippen molar-refractivity contribution in [1.82, 2.24) is 10.1 Å². The molecule has 2 rings (SSSR count). The van der Waals surface area contributed by atoms with E-state index in [-0.39, 0.29) is 32.6 Å². The van der Waals surface area contributed by atoms with Crippen molar-refractivity contribution >= 4 is 39.1 Å². The van der Waals surface area contributed by atoms with Crippen molar-refractivity contribution in [3.63, 3.8) is 0 Å². The summed E-state index contributed by atoms with van der Waals surface area (Å²) in [6, 6.07) is 6.20. The Labute approximate surface area is 201 Å². The minimum absolute atomic E-state index is 0.00316. The summed E-state index contributed by atoms with van der Waals surface area (Å²) in [7, 11) is -4.01. The maximum Gasteiger partial charge on any atom is 0.417 e. The second-order valence-corrected chi connectivity index (χ2v) is 11.1. The molecule has 0 aromatic heterocycles. The van der Waals surface area contributed by atoms with Crippen LogP contribution in [0.3, 0.4) is 0 Å². The average Bonchev–Trinajstić information content (AvgIpc) is 2.65. The fourth-order valence-electron chi connectivity index (χ4n) is 3.13. The van der Waals surface area contributed by atoms with Crippen molar-refractivity contribution < 1.29 is 21.6 Å². The van der Waals surface area contributed by atoms with Crippen molar-refractivity contribution in [3.8, 4) is 17.3 Å². The molecule has 0 saturated carbocycles. The first-order valence-electron chi connectivity index (χ1n) is 9.57. The number of nitriles is 1. The van der Waals surface area contributed by atoms with Crippen LogP contribution in [-0.4, -0.2) is 26.1 Å². The number of alkyl halides is 3. The van der Waals surface area contributed by atoms with Crippen LogP contribution in [-0.2, 0) is 16.2 Å². The van der Waals surface area contributed by atoms with Crippen LogP contribution in [0, 0.1) is 18.4 Å². The van der Waals surface area contributed by atoms with Crippen LogP contribution in [0.4, 0.5) is 18.9 Å². The minimum Gasteiger partial charge on any atom is -0.269 e. The van der Waals surface area contributed by atoms with Crippen LogP contribution in [0.15, 0.2) is 35.2 Å². The Morgan fingerprint density at radius 3 is 2.33 bits per heavy atom. The molecular formula is C21H24ClF3N4O2S2. The SMILES string of the molecule is CSCN(NC#N)c1cc(Cl)c(-c2ccc(C)c(S(=O)(=O)NC(C)(C)C)c2)c(C(F)(F)F)c1. The van der Waals surface area contributed by atoms with Gasteiger partial charge in [-0.15, -0.1) is 11.8 Å². The van der Waals surface area contributed by atoms with E-state index in [2.05, 4.69) is 10.1 Å². The van der Waals surface area contributed by atoms with E-state index in [4.69, 9.17) is 16.9 Å². The summed E-state index contributed by atoms with van der Waals surface area (Å²) in [5.41, 5.74) is 0.569. The molecule has 2 N–H and O–H groups in total. The van der Waals surface area contributed by atoms with E-state index in [0.29, 0.717) is 5.56 Å². The van der Waals surface area contributed by atoms with E-state index >= 15 is 0 Å². The highest BCUT2D eigenvalue weighted by Gasteiger charge is 2.36. The molecule has 6 nitrogen and oxygen atoms in total. The largest absolute Gasteiger partial charge is 0.417 e. The van der Waals surface area contributed by atoms with Gasteiger partial charge in [0, 0.05) is 11.1 Å². The van der Waals surface area contributed by atoms with Crippen LogP contribution < -0.4 is 15.2 Å². The Balaban J connectivity index is 2.76. The van der Waals surface area contributed by atoms with Crippen LogP contribution >= 0.6 is 23.4 Å². The summed E-state index contributed by atoms with van der Waals surface area (Å²) < 4.78 is 70.5. The van der Waals surface area contributed by atoms with Gasteiger partial charge < -0.3 is 0 Å². The second kappa shape index (κ2) is 10.0. The zero-order valence-electron chi connectivity index (χ0n) is 18.6. The number of benzene rings is 2. The molecule has 33 heavy (non-hydrogen) atoms. The third kappa shape index (κ3) is 6.69. The van der Waals surface area contributed by atoms with Gasteiger partial charge in [-0.05, 0) is 63.3 Å². The highest BCUT2D eigenvalue weighted by Crippen LogP contribution is 2.44. The van der Waals surface area contributed by atoms with Gasteiger partial charge in [0.25, 0.3) is 0 Å². The first kappa shape index (κ1) is 27.1. The number of halogens is 4. The predicted molar refractivity (Wildman–Crippen MR) is 126 cm³/mol. The molecule has 0 aliphatic heterocycles. The first-order chi connectivity index (χ1) is 15.1. The highest BCUT2D eigenvalue weighted by atomic mass is 35.5. The Bertz CT molecular complexity index is 1170. The summed E-state index contributed by atoms with van der Waals surface area (Å²) in [5, 5.41) is 9.93. The lowest BCUT2D eigenvalue weighted by Gasteiger charge is -2.25. The van der Waals surface area contributed by atoms with Gasteiger partial charge in [0.15, 0.2) is 6.19 Å². The number of anilines is 1. The fourth-order valence-corrected chi connectivity index (χ4v) is 5.61. The molecule has 0 radical (unpaired) electrons. The Morgan fingerprint density at radius 1 is 1.18 bits per heavy atom. The van der Waals surface area contributed by atoms with Gasteiger partial charge in [0.2, 0.25) is 10.0 Å². The third-order valence-electron chi connectivity index (χ3n) is 4.34. The number of hydrogen-bond acceptors (Lipinski definition) is 6. The lowest BCUT2D eigenvalue weighted by molar-refractivity contribution is -0.137. The molecule has 0 heterocycles. The lowest BCUT2D eigenvalue weighted by atomic mass is 9.97. The van der Waals surface area contributed by atoms with Crippen molar-refractivity contribution in [1.29, 1.82) is 5.26 Å². The molecule has 0 aliphatic carbocycles. The van der Waals surface area contributed by atoms with Gasteiger partial charge >= 0.3 is 6.18 Å². The molecule has 2 aromatic carbocycles. The monoisotopic (exact) mass is 520 g/mol. The number of sulfonamides is 1. The van der Waals surface area contributed by atoms with E-state index in [1.165, 1.54) is 41.0 Å². The summed E-state index contributed by atoms with van der Waals surface area (Å²) in [6.45, 7) is 6.55. The number of rotatable bonds is 7. The van der Waals surface area contributed by atoms with E-state index in [9.17, 15) is 21.6 Å². The van der Waals surface area contributed by atoms with Crippen molar-refractivity contribution in [2.45, 2.75) is 44.3 Å². The number of nitrogens with one attached hydrogen (secondary N) is 2. The molecule has 0 bridgehead atoms. The summed E-state index contributed by atoms with van der Waals surface area (Å²) in [6.07, 6.45) is -1.37. The predicted octanol–water partition coefficient (Wildman–Crippen LogP) is 5.52. The number of nitrogens with zero attached hydrogens (tertiary/aromatic N) is 2. The van der Waals surface area contributed by atoms with Crippen molar-refractivity contribution in [2.75, 3.05) is 17.1 Å². The molecule has 0 fully saturated rings. The first-order valence-corrected chi connectivity index (χ1v) is 12.8. The zero-order valence-corrected chi connectivity index (χ0v) is 21.0. The van der Waals surface area contributed by atoms with E-state index in [0.717, 1.165) is 6.07 Å². The van der Waals surface area contributed by atoms with Gasteiger partial charge in [-0.25, -0.2) is 18.6 Å². The Kier molecular flexibility index (Phi) is 8.23. The quantitative estimate of drug-likeness (QED) is 0.216. The highest BCUT2D eigenvalue weighted by molar-refractivity contribution is 7.98. The van der Waals surface area contributed by atoms with Gasteiger partial charge in [-0.1, -0.05) is 23.7 Å². The summed E-state index contributed by atoms with van der Waals surface area (Å²) in [4.78, 5) is -0.140. The van der Waals surface area contributed by atoms with Crippen LogP contribution in [0.25, 0.3) is 11.1 Å². The van der Waals surface area contributed by atoms with Crippen LogP contribution in [0.2, 0.25) is 5.02 Å². The zero-order chi connectivity index (χ0) is 25.2. The molecule has 2 aromatic rings. The van der Waals surface area contributed by atoms with Crippen molar-refractivity contribution in [2.24, 2.45) is 0 Å². The molecule has 0 saturated heterocycles. The van der Waals surface area contributed by atoms with E-state index in [1.807, 2.05) is 0 Å². The minimum atomic E-state index is -4.79. The summed E-state index contributed by atoms with van der Waals surface area (Å²) in [5.74, 6) is 0.186. The summed E-state index contributed by atoms with van der Waals surface area (Å²) >= 11 is 7.61. The topological polar surface area (TPSA) is 85.2 Å². The molecule has 0 amide bonds. The molecule has 12 heteroatoms. The van der Waals surface area contributed by atoms with Gasteiger partial charge in [-0.2, -0.15) is 18.4 Å². The number of hydrazine groups is 1. The Hall–Kier alpha value is -2.13. The van der Waals surface area contributed by atoms with E-state index in [1.54, 1.807) is 40.1 Å². The van der Waals surface area contributed by atoms with Crippen LogP contribution in [0.5, 0.6) is 0 Å². The molecule has 0 spiro atoms. The van der Waals surface area contributed by atoms with Crippen molar-refractivity contribution in [3.05, 3.63) is 46.5 Å². The number of hydrogen-bond donors (Lipinski definition) is 2. The Morgan fingerprint density at radius 2 is 1.82 bits per heavy atom. The average molecular weight is 521 g/mol. The number of thioether (sulfide) groups is 1. The maximum absolute atomic E-state index is 14.1. The molecular weight excluding hydrogens is 497 g/mol. The molecule has 180 valence electrons. The normalized spacial score (nSPS) is 12.4. The number of aryl methyl sites for hydroxylation is 1. The van der Waals surface area contributed by atoms with Gasteiger partial charge in [-0.3, -0.25) is 5.01 Å². The molecule has 0 atom stereocenters. The van der Waals surface area contributed by atoms with Gasteiger partial charge in [0.1, 0.15) is 0 Å². The lowest BCUT2D eigenvalue weighted by Crippen LogP contribution is -2.40. The second-order valence-electron chi connectivity index (χ2n) is 8.25. The smallest absolute Gasteiger partial charge is 0.269 e.